The quantitative estimate of drug-likeness (QED) is 0.373. The minimum atomic E-state index is -3.82. The van der Waals surface area contributed by atoms with Gasteiger partial charge in [-0.1, -0.05) is 17.7 Å². The molecule has 4 aromatic rings. The zero-order valence-corrected chi connectivity index (χ0v) is 20.9. The molecule has 1 unspecified atom stereocenters. The van der Waals surface area contributed by atoms with Crippen molar-refractivity contribution < 1.29 is 17.6 Å². The normalized spacial score (nSPS) is 12.5. The topological polar surface area (TPSA) is 136 Å². The van der Waals surface area contributed by atoms with Crippen molar-refractivity contribution in [2.24, 2.45) is 7.05 Å². The van der Waals surface area contributed by atoms with Crippen LogP contribution in [-0.4, -0.2) is 35.3 Å². The Morgan fingerprint density at radius 2 is 1.97 bits per heavy atom. The number of nitrogens with one attached hydrogen (secondary N) is 2. The van der Waals surface area contributed by atoms with Gasteiger partial charge >= 0.3 is 0 Å². The summed E-state index contributed by atoms with van der Waals surface area (Å²) < 4.78 is 32.8. The Hall–Kier alpha value is -3.70. The highest BCUT2D eigenvalue weighted by molar-refractivity contribution is 7.89. The molecule has 0 saturated heterocycles. The zero-order chi connectivity index (χ0) is 25.5. The number of halogens is 1. The molecule has 0 fully saturated rings. The molecule has 0 aliphatic heterocycles. The highest BCUT2D eigenvalue weighted by atomic mass is 35.5. The lowest BCUT2D eigenvalue weighted by Crippen LogP contribution is -2.31. The Kier molecular flexibility index (Phi) is 6.39. The third kappa shape index (κ3) is 5.36. The molecule has 0 spiro atoms. The first-order valence-corrected chi connectivity index (χ1v) is 12.7. The maximum absolute atomic E-state index is 12.9. The largest absolute Gasteiger partial charge is 0.455 e. The number of benzene rings is 1. The Balaban J connectivity index is 1.80. The summed E-state index contributed by atoms with van der Waals surface area (Å²) in [7, 11) is -2.05. The van der Waals surface area contributed by atoms with E-state index in [1.54, 1.807) is 30.2 Å². The van der Waals surface area contributed by atoms with Crippen molar-refractivity contribution in [3.63, 3.8) is 0 Å². The van der Waals surface area contributed by atoms with Gasteiger partial charge in [-0.3, -0.25) is 14.3 Å². The van der Waals surface area contributed by atoms with Gasteiger partial charge in [0, 0.05) is 24.9 Å². The van der Waals surface area contributed by atoms with E-state index in [0.717, 1.165) is 11.8 Å². The van der Waals surface area contributed by atoms with Crippen LogP contribution in [0.5, 0.6) is 0 Å². The molecule has 1 atom stereocenters. The van der Waals surface area contributed by atoms with Gasteiger partial charge in [0.15, 0.2) is 11.1 Å². The molecule has 182 valence electrons. The van der Waals surface area contributed by atoms with Crippen molar-refractivity contribution in [3.05, 3.63) is 74.9 Å². The number of aryl methyl sites for hydroxylation is 2. The molecule has 12 heteroatoms. The number of sulfonamides is 1. The zero-order valence-electron chi connectivity index (χ0n) is 19.3. The smallest absolute Gasteiger partial charge is 0.285 e. The molecule has 0 bridgehead atoms. The molecule has 0 saturated carbocycles. The first kappa shape index (κ1) is 24.4. The van der Waals surface area contributed by atoms with Crippen LogP contribution >= 0.6 is 11.6 Å². The molecule has 3 heterocycles. The Morgan fingerprint density at radius 1 is 1.23 bits per heavy atom. The summed E-state index contributed by atoms with van der Waals surface area (Å²) in [6, 6.07) is 7.57. The van der Waals surface area contributed by atoms with Gasteiger partial charge in [-0.05, 0) is 37.6 Å². The van der Waals surface area contributed by atoms with E-state index < -0.39 is 22.0 Å². The van der Waals surface area contributed by atoms with Crippen LogP contribution in [0.4, 0.5) is 5.69 Å². The number of nitrogens with zero attached hydrogens (tertiary/aromatic N) is 3. The van der Waals surface area contributed by atoms with Crippen LogP contribution in [0, 0.1) is 6.92 Å². The number of carbonyl (C=O) groups is 1. The van der Waals surface area contributed by atoms with Crippen molar-refractivity contribution in [1.82, 2.24) is 19.5 Å². The number of fused-ring (bicyclic) bond motifs is 1. The average Bonchev–Trinajstić information content (AvgIpc) is 3.20. The van der Waals surface area contributed by atoms with Gasteiger partial charge in [0.25, 0.3) is 5.91 Å². The molecule has 3 aromatic heterocycles. The van der Waals surface area contributed by atoms with Crippen LogP contribution in [0.1, 0.15) is 34.6 Å². The number of amides is 1. The van der Waals surface area contributed by atoms with E-state index in [0.29, 0.717) is 27.9 Å². The van der Waals surface area contributed by atoms with E-state index in [1.807, 2.05) is 24.6 Å². The van der Waals surface area contributed by atoms with Crippen molar-refractivity contribution >= 4 is 44.2 Å². The molecule has 0 aliphatic carbocycles. The summed E-state index contributed by atoms with van der Waals surface area (Å²) in [6.07, 6.45) is 4.21. The number of hydrogen-bond acceptors (Lipinski definition) is 8. The Labute approximate surface area is 206 Å². The molecule has 4 rings (SSSR count). The lowest BCUT2D eigenvalue weighted by molar-refractivity contribution is 0.0977. The fourth-order valence-electron chi connectivity index (χ4n) is 3.70. The first-order valence-electron chi connectivity index (χ1n) is 10.4. The van der Waals surface area contributed by atoms with Crippen LogP contribution in [0.2, 0.25) is 5.15 Å². The fourth-order valence-corrected chi connectivity index (χ4v) is 4.28. The SMILES string of the molecule is Cc1cc(C(C)Nc2ccc(Cl)nc2C(=O)NS(C)(=O)=O)c2oc(-c3cnn(C)c3)cc(=O)c2c1. The van der Waals surface area contributed by atoms with Crippen molar-refractivity contribution in [2.75, 3.05) is 11.6 Å². The second kappa shape index (κ2) is 9.16. The maximum Gasteiger partial charge on any atom is 0.285 e. The first-order chi connectivity index (χ1) is 16.4. The summed E-state index contributed by atoms with van der Waals surface area (Å²) in [5.74, 6) is -0.557. The highest BCUT2D eigenvalue weighted by Gasteiger charge is 2.21. The maximum atomic E-state index is 12.9. The lowest BCUT2D eigenvalue weighted by Gasteiger charge is -2.19. The van der Waals surface area contributed by atoms with Crippen molar-refractivity contribution in [1.29, 1.82) is 0 Å². The lowest BCUT2D eigenvalue weighted by atomic mass is 10.0. The molecule has 1 aromatic carbocycles. The molecule has 0 aliphatic rings. The van der Waals surface area contributed by atoms with Gasteiger partial charge in [-0.2, -0.15) is 5.10 Å². The van der Waals surface area contributed by atoms with E-state index in [4.69, 9.17) is 16.0 Å². The standard InChI is InChI=1S/C23H22ClN5O5S/c1-12-7-15(22-16(8-12)18(30)9-19(34-22)14-10-25-29(3)11-14)13(2)26-17-5-6-20(24)27-21(17)23(31)28-35(4,32)33/h5-11,13,26H,1-4H3,(H,28,31). The van der Waals surface area contributed by atoms with Gasteiger partial charge in [0.1, 0.15) is 16.5 Å². The fraction of sp³-hybridized carbons (Fsp3) is 0.217. The van der Waals surface area contributed by atoms with Crippen LogP contribution < -0.4 is 15.5 Å². The van der Waals surface area contributed by atoms with Crippen LogP contribution in [0.15, 0.2) is 51.9 Å². The summed E-state index contributed by atoms with van der Waals surface area (Å²) in [5.41, 5.74) is 2.39. The summed E-state index contributed by atoms with van der Waals surface area (Å²) in [6.45, 7) is 3.68. The summed E-state index contributed by atoms with van der Waals surface area (Å²) >= 11 is 5.95. The number of pyridine rings is 1. The van der Waals surface area contributed by atoms with E-state index in [1.165, 1.54) is 18.2 Å². The molecule has 35 heavy (non-hydrogen) atoms. The summed E-state index contributed by atoms with van der Waals surface area (Å²) in [4.78, 5) is 29.5. The van der Waals surface area contributed by atoms with E-state index in [-0.39, 0.29) is 22.0 Å². The number of aromatic nitrogens is 3. The van der Waals surface area contributed by atoms with Crippen LogP contribution in [-0.2, 0) is 17.1 Å². The van der Waals surface area contributed by atoms with Gasteiger partial charge in [0.05, 0.1) is 35.1 Å². The van der Waals surface area contributed by atoms with Crippen molar-refractivity contribution in [2.45, 2.75) is 19.9 Å². The van der Waals surface area contributed by atoms with Gasteiger partial charge in [0.2, 0.25) is 10.0 Å². The summed E-state index contributed by atoms with van der Waals surface area (Å²) in [5, 5.41) is 7.73. The second-order valence-electron chi connectivity index (χ2n) is 8.21. The molecule has 10 nitrogen and oxygen atoms in total. The van der Waals surface area contributed by atoms with Gasteiger partial charge in [-0.15, -0.1) is 0 Å². The average molecular weight is 516 g/mol. The monoisotopic (exact) mass is 515 g/mol. The Bertz CT molecular complexity index is 1630. The number of carbonyl (C=O) groups excluding carboxylic acids is 1. The van der Waals surface area contributed by atoms with Gasteiger partial charge in [-0.25, -0.2) is 18.1 Å². The van der Waals surface area contributed by atoms with Crippen LogP contribution in [0.3, 0.4) is 0 Å². The number of anilines is 1. The minimum Gasteiger partial charge on any atom is -0.455 e. The predicted molar refractivity (Wildman–Crippen MR) is 133 cm³/mol. The van der Waals surface area contributed by atoms with Crippen LogP contribution in [0.25, 0.3) is 22.3 Å². The van der Waals surface area contributed by atoms with E-state index >= 15 is 0 Å². The third-order valence-electron chi connectivity index (χ3n) is 5.18. The Morgan fingerprint density at radius 3 is 2.63 bits per heavy atom. The molecule has 0 radical (unpaired) electrons. The van der Waals surface area contributed by atoms with Crippen molar-refractivity contribution in [3.8, 4) is 11.3 Å². The number of hydrogen-bond donors (Lipinski definition) is 2. The molecular weight excluding hydrogens is 494 g/mol. The van der Waals surface area contributed by atoms with Gasteiger partial charge < -0.3 is 9.73 Å². The van der Waals surface area contributed by atoms with E-state index in [2.05, 4.69) is 15.4 Å². The predicted octanol–water partition coefficient (Wildman–Crippen LogP) is 3.41. The highest BCUT2D eigenvalue weighted by Crippen LogP contribution is 2.31. The minimum absolute atomic E-state index is 0.0231. The molecular formula is C23H22ClN5O5S. The molecule has 2 N–H and O–H groups in total. The molecule has 1 amide bonds. The van der Waals surface area contributed by atoms with E-state index in [9.17, 15) is 18.0 Å². The second-order valence-corrected chi connectivity index (χ2v) is 10.3. The number of rotatable bonds is 6. The third-order valence-corrected chi connectivity index (χ3v) is 5.95.